The molecule has 2 rings (SSSR count). The van der Waals surface area contributed by atoms with Gasteiger partial charge in [-0.05, 0) is 43.2 Å². The summed E-state index contributed by atoms with van der Waals surface area (Å²) in [6, 6.07) is 5.16. The minimum atomic E-state index is -3.49. The van der Waals surface area contributed by atoms with Gasteiger partial charge in [0.1, 0.15) is 0 Å². The molecule has 1 fully saturated rings. The molecule has 0 aromatic heterocycles. The lowest BCUT2D eigenvalue weighted by Gasteiger charge is -2.33. The van der Waals surface area contributed by atoms with E-state index < -0.39 is 10.0 Å². The van der Waals surface area contributed by atoms with Crippen molar-refractivity contribution in [2.45, 2.75) is 18.7 Å². The van der Waals surface area contributed by atoms with Crippen molar-refractivity contribution in [2.75, 3.05) is 26.2 Å². The number of nitrogens with zero attached hydrogens (tertiary/aromatic N) is 2. The summed E-state index contributed by atoms with van der Waals surface area (Å²) < 4.78 is 26.6. The first-order chi connectivity index (χ1) is 9.86. The Morgan fingerprint density at radius 3 is 2.29 bits per heavy atom. The lowest BCUT2D eigenvalue weighted by molar-refractivity contribution is -0.127. The Balaban J connectivity index is 2.16. The number of carbonyl (C=O) groups excluding carboxylic acids is 1. The summed E-state index contributed by atoms with van der Waals surface area (Å²) in [5.41, 5.74) is 2.02. The Morgan fingerprint density at radius 1 is 1.14 bits per heavy atom. The summed E-state index contributed by atoms with van der Waals surface area (Å²) >= 11 is 0. The molecule has 0 unspecified atom stereocenters. The average molecular weight is 308 g/mol. The van der Waals surface area contributed by atoms with E-state index in [1.807, 2.05) is 19.9 Å². The van der Waals surface area contributed by atoms with E-state index in [0.717, 1.165) is 11.1 Å². The smallest absolute Gasteiger partial charge is 0.246 e. The van der Waals surface area contributed by atoms with E-state index in [-0.39, 0.29) is 5.91 Å². The third kappa shape index (κ3) is 3.16. The second-order valence-corrected chi connectivity index (χ2v) is 7.12. The van der Waals surface area contributed by atoms with Gasteiger partial charge in [0.25, 0.3) is 0 Å². The van der Waals surface area contributed by atoms with Gasteiger partial charge in [0.15, 0.2) is 0 Å². The van der Waals surface area contributed by atoms with Gasteiger partial charge in [-0.2, -0.15) is 4.31 Å². The molecule has 0 spiro atoms. The average Bonchev–Trinajstić information content (AvgIpc) is 2.49. The van der Waals surface area contributed by atoms with E-state index in [1.54, 1.807) is 17.0 Å². The number of aryl methyl sites for hydroxylation is 2. The fourth-order valence-corrected chi connectivity index (χ4v) is 3.81. The van der Waals surface area contributed by atoms with Crippen molar-refractivity contribution in [3.63, 3.8) is 0 Å². The molecule has 0 aliphatic carbocycles. The monoisotopic (exact) mass is 308 g/mol. The van der Waals surface area contributed by atoms with E-state index in [4.69, 9.17) is 0 Å². The number of benzene rings is 1. The van der Waals surface area contributed by atoms with Crippen LogP contribution < -0.4 is 0 Å². The molecule has 0 bridgehead atoms. The lowest BCUT2D eigenvalue weighted by Crippen LogP contribution is -2.50. The molecule has 6 heteroatoms. The van der Waals surface area contributed by atoms with Gasteiger partial charge in [-0.1, -0.05) is 12.6 Å². The summed E-state index contributed by atoms with van der Waals surface area (Å²) in [7, 11) is -3.49. The maximum absolute atomic E-state index is 12.6. The molecule has 0 N–H and O–H groups in total. The molecule has 114 valence electrons. The van der Waals surface area contributed by atoms with Crippen molar-refractivity contribution in [2.24, 2.45) is 0 Å². The first kappa shape index (κ1) is 15.7. The van der Waals surface area contributed by atoms with E-state index in [9.17, 15) is 13.2 Å². The Hall–Kier alpha value is -1.66. The van der Waals surface area contributed by atoms with Crippen LogP contribution in [0.4, 0.5) is 0 Å². The number of hydrogen-bond donors (Lipinski definition) is 0. The molecule has 0 radical (unpaired) electrons. The molecular formula is C15H20N2O3S. The minimum Gasteiger partial charge on any atom is -0.337 e. The number of sulfonamides is 1. The third-order valence-electron chi connectivity index (χ3n) is 3.84. The van der Waals surface area contributed by atoms with E-state index in [2.05, 4.69) is 6.58 Å². The van der Waals surface area contributed by atoms with Crippen LogP contribution in [0.3, 0.4) is 0 Å². The molecule has 1 saturated heterocycles. The first-order valence-electron chi connectivity index (χ1n) is 6.85. The summed E-state index contributed by atoms with van der Waals surface area (Å²) in [5.74, 6) is -0.154. The van der Waals surface area contributed by atoms with Gasteiger partial charge < -0.3 is 4.90 Å². The Kier molecular flexibility index (Phi) is 4.49. The van der Waals surface area contributed by atoms with E-state index >= 15 is 0 Å². The zero-order valence-electron chi connectivity index (χ0n) is 12.4. The number of rotatable bonds is 3. The van der Waals surface area contributed by atoms with Gasteiger partial charge in [-0.15, -0.1) is 0 Å². The SMILES string of the molecule is C=CC(=O)N1CCN(S(=O)(=O)c2ccc(C)c(C)c2)CC1. The van der Waals surface area contributed by atoms with Crippen LogP contribution in [0.1, 0.15) is 11.1 Å². The first-order valence-corrected chi connectivity index (χ1v) is 8.29. The quantitative estimate of drug-likeness (QED) is 0.791. The zero-order valence-corrected chi connectivity index (χ0v) is 13.2. The number of carbonyl (C=O) groups is 1. The molecule has 1 aromatic carbocycles. The molecule has 21 heavy (non-hydrogen) atoms. The summed E-state index contributed by atoms with van der Waals surface area (Å²) in [6.07, 6.45) is 1.26. The maximum atomic E-state index is 12.6. The minimum absolute atomic E-state index is 0.154. The van der Waals surface area contributed by atoms with Gasteiger partial charge in [0.05, 0.1) is 4.90 Å². The maximum Gasteiger partial charge on any atom is 0.246 e. The van der Waals surface area contributed by atoms with Gasteiger partial charge in [-0.3, -0.25) is 4.79 Å². The van der Waals surface area contributed by atoms with Gasteiger partial charge in [0, 0.05) is 26.2 Å². The van der Waals surface area contributed by atoms with Crippen molar-refractivity contribution in [1.82, 2.24) is 9.21 Å². The molecule has 1 heterocycles. The normalized spacial score (nSPS) is 16.8. The van der Waals surface area contributed by atoms with Crippen LogP contribution in [0.2, 0.25) is 0 Å². The standard InChI is InChI=1S/C15H20N2O3S/c1-4-15(18)16-7-9-17(10-8-16)21(19,20)14-6-5-12(2)13(3)11-14/h4-6,11H,1,7-10H2,2-3H3. The molecule has 5 nitrogen and oxygen atoms in total. The summed E-state index contributed by atoms with van der Waals surface area (Å²) in [5, 5.41) is 0. The molecule has 1 aromatic rings. The van der Waals surface area contributed by atoms with Crippen molar-refractivity contribution in [3.8, 4) is 0 Å². The lowest BCUT2D eigenvalue weighted by atomic mass is 10.1. The van der Waals surface area contributed by atoms with E-state index in [0.29, 0.717) is 31.1 Å². The van der Waals surface area contributed by atoms with Crippen LogP contribution in [0.25, 0.3) is 0 Å². The molecule has 1 aliphatic rings. The number of piperazine rings is 1. The predicted octanol–water partition coefficient (Wildman–Crippen LogP) is 1.32. The Bertz CT molecular complexity index is 659. The Morgan fingerprint density at radius 2 is 1.76 bits per heavy atom. The third-order valence-corrected chi connectivity index (χ3v) is 5.74. The van der Waals surface area contributed by atoms with Gasteiger partial charge >= 0.3 is 0 Å². The fourth-order valence-electron chi connectivity index (χ4n) is 2.30. The molecule has 1 amide bonds. The highest BCUT2D eigenvalue weighted by molar-refractivity contribution is 7.89. The second-order valence-electron chi connectivity index (χ2n) is 5.18. The Labute approximate surface area is 125 Å². The van der Waals surface area contributed by atoms with Crippen LogP contribution in [0.5, 0.6) is 0 Å². The van der Waals surface area contributed by atoms with Crippen molar-refractivity contribution in [1.29, 1.82) is 0 Å². The number of amides is 1. The van der Waals surface area contributed by atoms with Crippen LogP contribution in [-0.4, -0.2) is 49.7 Å². The summed E-state index contributed by atoms with van der Waals surface area (Å²) in [6.45, 7) is 8.72. The molecule has 1 aliphatic heterocycles. The molecule has 0 atom stereocenters. The van der Waals surface area contributed by atoms with Crippen LogP contribution in [0, 0.1) is 13.8 Å². The van der Waals surface area contributed by atoms with Gasteiger partial charge in [-0.25, -0.2) is 8.42 Å². The number of hydrogen-bond acceptors (Lipinski definition) is 3. The van der Waals surface area contributed by atoms with Crippen LogP contribution in [-0.2, 0) is 14.8 Å². The fraction of sp³-hybridized carbons (Fsp3) is 0.400. The highest BCUT2D eigenvalue weighted by Gasteiger charge is 2.29. The van der Waals surface area contributed by atoms with Crippen molar-refractivity contribution < 1.29 is 13.2 Å². The highest BCUT2D eigenvalue weighted by atomic mass is 32.2. The second kappa shape index (κ2) is 5.99. The van der Waals surface area contributed by atoms with Crippen LogP contribution in [0.15, 0.2) is 35.7 Å². The van der Waals surface area contributed by atoms with Gasteiger partial charge in [0.2, 0.25) is 15.9 Å². The summed E-state index contributed by atoms with van der Waals surface area (Å²) in [4.78, 5) is 13.4. The molecular weight excluding hydrogens is 288 g/mol. The van der Waals surface area contributed by atoms with Crippen LogP contribution >= 0.6 is 0 Å². The molecule has 0 saturated carbocycles. The van der Waals surface area contributed by atoms with Crippen molar-refractivity contribution in [3.05, 3.63) is 42.0 Å². The highest BCUT2D eigenvalue weighted by Crippen LogP contribution is 2.20. The van der Waals surface area contributed by atoms with Crippen molar-refractivity contribution >= 4 is 15.9 Å². The largest absolute Gasteiger partial charge is 0.337 e. The topological polar surface area (TPSA) is 57.7 Å². The zero-order chi connectivity index (χ0) is 15.6. The predicted molar refractivity (Wildman–Crippen MR) is 81.5 cm³/mol. The van der Waals surface area contributed by atoms with E-state index in [1.165, 1.54) is 10.4 Å².